The molecule has 0 spiro atoms. The largest absolute Gasteiger partial charge is 0.350 e. The average molecular weight is 232 g/mol. The Balaban J connectivity index is 1.89. The summed E-state index contributed by atoms with van der Waals surface area (Å²) in [5, 5.41) is 6.25. The van der Waals surface area contributed by atoms with Crippen LogP contribution in [-0.4, -0.2) is 19.0 Å². The van der Waals surface area contributed by atoms with Crippen LogP contribution in [0.2, 0.25) is 0 Å². The molecule has 1 aliphatic rings. The molecule has 1 amide bonds. The second-order valence-electron chi connectivity index (χ2n) is 4.87. The molecule has 0 radical (unpaired) electrons. The van der Waals surface area contributed by atoms with Gasteiger partial charge in [0.15, 0.2) is 0 Å². The van der Waals surface area contributed by atoms with Crippen molar-refractivity contribution in [1.82, 2.24) is 10.6 Å². The fraction of sp³-hybridized carbons (Fsp3) is 0.500. The van der Waals surface area contributed by atoms with Crippen molar-refractivity contribution >= 4 is 5.91 Å². The number of carbonyl (C=O) groups is 1. The van der Waals surface area contributed by atoms with Crippen LogP contribution in [0.1, 0.15) is 30.5 Å². The number of rotatable bonds is 4. The number of amides is 1. The van der Waals surface area contributed by atoms with Crippen molar-refractivity contribution in [2.45, 2.75) is 26.3 Å². The van der Waals surface area contributed by atoms with E-state index in [-0.39, 0.29) is 11.9 Å². The highest BCUT2D eigenvalue weighted by atomic mass is 16.1. The predicted octanol–water partition coefficient (Wildman–Crippen LogP) is 1.78. The molecule has 0 aliphatic carbocycles. The van der Waals surface area contributed by atoms with Crippen LogP contribution in [-0.2, 0) is 4.79 Å². The molecule has 1 aromatic rings. The molecule has 2 rings (SSSR count). The first-order valence-electron chi connectivity index (χ1n) is 6.22. The summed E-state index contributed by atoms with van der Waals surface area (Å²) in [6.07, 6.45) is 0.642. The molecular formula is C14H20N2O. The van der Waals surface area contributed by atoms with Crippen molar-refractivity contribution in [2.75, 3.05) is 13.1 Å². The van der Waals surface area contributed by atoms with Gasteiger partial charge in [-0.25, -0.2) is 0 Å². The van der Waals surface area contributed by atoms with E-state index in [1.807, 2.05) is 19.1 Å². The van der Waals surface area contributed by atoms with Gasteiger partial charge >= 0.3 is 0 Å². The van der Waals surface area contributed by atoms with Gasteiger partial charge in [0.1, 0.15) is 0 Å². The van der Waals surface area contributed by atoms with Gasteiger partial charge in [-0.2, -0.15) is 0 Å². The third kappa shape index (κ3) is 3.07. The Morgan fingerprint density at radius 1 is 1.47 bits per heavy atom. The highest BCUT2D eigenvalue weighted by Gasteiger charge is 2.21. The van der Waals surface area contributed by atoms with Gasteiger partial charge in [0.2, 0.25) is 5.91 Å². The lowest BCUT2D eigenvalue weighted by molar-refractivity contribution is -0.123. The molecular weight excluding hydrogens is 212 g/mol. The van der Waals surface area contributed by atoms with Crippen molar-refractivity contribution in [3.63, 3.8) is 0 Å². The normalized spacial score (nSPS) is 17.3. The van der Waals surface area contributed by atoms with Crippen LogP contribution in [0.5, 0.6) is 0 Å². The molecule has 1 unspecified atom stereocenters. The van der Waals surface area contributed by atoms with E-state index in [0.29, 0.717) is 12.3 Å². The summed E-state index contributed by atoms with van der Waals surface area (Å²) in [5.41, 5.74) is 2.43. The number of hydrogen-bond donors (Lipinski definition) is 2. The van der Waals surface area contributed by atoms with Crippen LogP contribution in [0, 0.1) is 12.8 Å². The maximum absolute atomic E-state index is 11.8. The van der Waals surface area contributed by atoms with Crippen molar-refractivity contribution in [3.8, 4) is 0 Å². The third-order valence-corrected chi connectivity index (χ3v) is 3.37. The van der Waals surface area contributed by atoms with Gasteiger partial charge in [0, 0.05) is 6.42 Å². The van der Waals surface area contributed by atoms with Crippen LogP contribution in [0.3, 0.4) is 0 Å². The zero-order chi connectivity index (χ0) is 12.3. The first-order chi connectivity index (χ1) is 8.16. The number of carbonyl (C=O) groups excluding carboxylic acids is 1. The summed E-state index contributed by atoms with van der Waals surface area (Å²) in [7, 11) is 0. The molecule has 1 fully saturated rings. The van der Waals surface area contributed by atoms with Gasteiger partial charge in [-0.05, 0) is 44.0 Å². The summed E-state index contributed by atoms with van der Waals surface area (Å²) in [5.74, 6) is 0.686. The zero-order valence-corrected chi connectivity index (χ0v) is 10.5. The molecule has 1 atom stereocenters. The summed E-state index contributed by atoms with van der Waals surface area (Å²) >= 11 is 0. The smallest absolute Gasteiger partial charge is 0.220 e. The van der Waals surface area contributed by atoms with E-state index in [9.17, 15) is 4.79 Å². The van der Waals surface area contributed by atoms with Gasteiger partial charge in [-0.15, -0.1) is 0 Å². The number of benzene rings is 1. The highest BCUT2D eigenvalue weighted by Crippen LogP contribution is 2.17. The summed E-state index contributed by atoms with van der Waals surface area (Å²) in [4.78, 5) is 11.8. The first kappa shape index (κ1) is 12.1. The Bertz CT molecular complexity index is 399. The average Bonchev–Trinajstić information content (AvgIpc) is 2.24. The monoisotopic (exact) mass is 232 g/mol. The number of hydrogen-bond acceptors (Lipinski definition) is 2. The van der Waals surface area contributed by atoms with Crippen LogP contribution < -0.4 is 10.6 Å². The van der Waals surface area contributed by atoms with E-state index in [1.54, 1.807) is 0 Å². The highest BCUT2D eigenvalue weighted by molar-refractivity contribution is 5.76. The molecule has 0 bridgehead atoms. The minimum Gasteiger partial charge on any atom is -0.350 e. The maximum Gasteiger partial charge on any atom is 0.220 e. The minimum atomic E-state index is 0.0942. The molecule has 1 heterocycles. The van der Waals surface area contributed by atoms with Crippen LogP contribution >= 0.6 is 0 Å². The zero-order valence-electron chi connectivity index (χ0n) is 10.5. The fourth-order valence-corrected chi connectivity index (χ4v) is 2.21. The maximum atomic E-state index is 11.8. The van der Waals surface area contributed by atoms with Gasteiger partial charge in [-0.3, -0.25) is 4.79 Å². The molecule has 0 saturated carbocycles. The van der Waals surface area contributed by atoms with E-state index >= 15 is 0 Å². The molecule has 1 aliphatic heterocycles. The molecule has 17 heavy (non-hydrogen) atoms. The first-order valence-corrected chi connectivity index (χ1v) is 6.22. The fourth-order valence-electron chi connectivity index (χ4n) is 2.21. The van der Waals surface area contributed by atoms with Crippen molar-refractivity contribution < 1.29 is 4.79 Å². The lowest BCUT2D eigenvalue weighted by Gasteiger charge is -2.27. The Morgan fingerprint density at radius 2 is 2.18 bits per heavy atom. The van der Waals surface area contributed by atoms with E-state index in [1.165, 1.54) is 11.1 Å². The Kier molecular flexibility index (Phi) is 3.79. The third-order valence-electron chi connectivity index (χ3n) is 3.37. The Morgan fingerprint density at radius 3 is 2.76 bits per heavy atom. The second-order valence-corrected chi connectivity index (χ2v) is 4.87. The Hall–Kier alpha value is -1.35. The van der Waals surface area contributed by atoms with E-state index in [2.05, 4.69) is 29.7 Å². The van der Waals surface area contributed by atoms with Crippen molar-refractivity contribution in [3.05, 3.63) is 35.4 Å². The lowest BCUT2D eigenvalue weighted by Crippen LogP contribution is -2.44. The van der Waals surface area contributed by atoms with E-state index < -0.39 is 0 Å². The van der Waals surface area contributed by atoms with Gasteiger partial charge < -0.3 is 10.6 Å². The quantitative estimate of drug-likeness (QED) is 0.831. The minimum absolute atomic E-state index is 0.0942. The number of nitrogens with one attached hydrogen (secondary N) is 2. The van der Waals surface area contributed by atoms with Gasteiger partial charge in [0.05, 0.1) is 6.04 Å². The lowest BCUT2D eigenvalue weighted by atomic mass is 9.98. The standard InChI is InChI=1S/C14H20N2O/c1-10-5-3-4-6-13(10)11(2)16-14(17)7-12-8-15-9-12/h3-6,11-12,15H,7-9H2,1-2H3,(H,16,17). The molecule has 3 heteroatoms. The molecule has 92 valence electrons. The van der Waals surface area contributed by atoms with Crippen molar-refractivity contribution in [1.29, 1.82) is 0 Å². The van der Waals surface area contributed by atoms with Gasteiger partial charge in [0.25, 0.3) is 0 Å². The SMILES string of the molecule is Cc1ccccc1C(C)NC(=O)CC1CNC1. The molecule has 3 nitrogen and oxygen atoms in total. The van der Waals surface area contributed by atoms with Crippen LogP contribution in [0.25, 0.3) is 0 Å². The second kappa shape index (κ2) is 5.32. The van der Waals surface area contributed by atoms with Crippen LogP contribution in [0.15, 0.2) is 24.3 Å². The molecule has 1 saturated heterocycles. The van der Waals surface area contributed by atoms with Gasteiger partial charge in [-0.1, -0.05) is 24.3 Å². The summed E-state index contributed by atoms with van der Waals surface area (Å²) in [6, 6.07) is 8.28. The van der Waals surface area contributed by atoms with E-state index in [0.717, 1.165) is 13.1 Å². The Labute approximate surface area is 103 Å². The molecule has 2 N–H and O–H groups in total. The van der Waals surface area contributed by atoms with E-state index in [4.69, 9.17) is 0 Å². The van der Waals surface area contributed by atoms with Crippen LogP contribution in [0.4, 0.5) is 0 Å². The molecule has 0 aromatic heterocycles. The summed E-state index contributed by atoms with van der Waals surface area (Å²) < 4.78 is 0. The van der Waals surface area contributed by atoms with Crippen molar-refractivity contribution in [2.24, 2.45) is 5.92 Å². The number of aryl methyl sites for hydroxylation is 1. The molecule has 1 aromatic carbocycles. The topological polar surface area (TPSA) is 41.1 Å². The summed E-state index contributed by atoms with van der Waals surface area (Å²) in [6.45, 7) is 6.07. The predicted molar refractivity (Wildman–Crippen MR) is 68.7 cm³/mol.